The van der Waals surface area contributed by atoms with Crippen molar-refractivity contribution in [3.05, 3.63) is 58.9 Å². The van der Waals surface area contributed by atoms with Gasteiger partial charge in [-0.25, -0.2) is 0 Å². The Balaban J connectivity index is 2.40. The summed E-state index contributed by atoms with van der Waals surface area (Å²) in [5.74, 6) is 0.909. The van der Waals surface area contributed by atoms with Crippen LogP contribution in [0.25, 0.3) is 0 Å². The van der Waals surface area contributed by atoms with E-state index in [1.54, 1.807) is 7.11 Å². The molecule has 0 aliphatic rings. The molecule has 1 aromatic heterocycles. The number of hydrogen-bond donors (Lipinski definition) is 1. The van der Waals surface area contributed by atoms with Crippen LogP contribution in [0.2, 0.25) is 0 Å². The topological polar surface area (TPSA) is 48.1 Å². The van der Waals surface area contributed by atoms with Gasteiger partial charge in [0.2, 0.25) is 0 Å². The third-order valence-corrected chi connectivity index (χ3v) is 4.21. The molecule has 1 aromatic carbocycles. The number of nitrogens with two attached hydrogens (primary N) is 1. The first-order chi connectivity index (χ1) is 10.0. The maximum Gasteiger partial charge on any atom is 0.128 e. The highest BCUT2D eigenvalue weighted by Crippen LogP contribution is 2.30. The summed E-state index contributed by atoms with van der Waals surface area (Å²) in [4.78, 5) is 4.58. The van der Waals surface area contributed by atoms with Crippen LogP contribution < -0.4 is 10.5 Å². The molecule has 2 N–H and O–H groups in total. The highest BCUT2D eigenvalue weighted by molar-refractivity contribution is 5.42. The second-order valence-electron chi connectivity index (χ2n) is 5.60. The summed E-state index contributed by atoms with van der Waals surface area (Å²) in [6.45, 7) is 6.18. The quantitative estimate of drug-likeness (QED) is 0.914. The molecule has 1 heterocycles. The smallest absolute Gasteiger partial charge is 0.128 e. The Morgan fingerprint density at radius 1 is 1.19 bits per heavy atom. The van der Waals surface area contributed by atoms with Crippen molar-refractivity contribution in [2.45, 2.75) is 39.2 Å². The van der Waals surface area contributed by atoms with Crippen LogP contribution in [-0.2, 0) is 12.0 Å². The Morgan fingerprint density at radius 2 is 1.86 bits per heavy atom. The largest absolute Gasteiger partial charge is 0.496 e. The minimum Gasteiger partial charge on any atom is -0.496 e. The number of methoxy groups -OCH3 is 1. The lowest BCUT2D eigenvalue weighted by atomic mass is 9.83. The van der Waals surface area contributed by atoms with E-state index in [0.29, 0.717) is 6.42 Å². The molecule has 0 aliphatic carbocycles. The molecule has 2 aromatic rings. The normalized spacial score (nSPS) is 13.8. The van der Waals surface area contributed by atoms with Crippen LogP contribution in [0, 0.1) is 13.8 Å². The molecule has 0 spiro atoms. The predicted octanol–water partition coefficient (Wildman–Crippen LogP) is 3.51. The summed E-state index contributed by atoms with van der Waals surface area (Å²) in [5.41, 5.74) is 10.6. The molecule has 0 bridgehead atoms. The second kappa shape index (κ2) is 6.27. The first-order valence-electron chi connectivity index (χ1n) is 7.35. The molecule has 0 amide bonds. The minimum atomic E-state index is -0.403. The van der Waals surface area contributed by atoms with Crippen LogP contribution in [0.3, 0.4) is 0 Å². The standard InChI is InChI=1S/C18H24N2O/c1-5-18(19,15-9-7-6-8-10-15)11-16-14(3)17(21-4)13(2)12-20-16/h6-10,12H,5,11,19H2,1-4H3. The lowest BCUT2D eigenvalue weighted by Gasteiger charge is -2.29. The molecule has 0 saturated heterocycles. The highest BCUT2D eigenvalue weighted by atomic mass is 16.5. The minimum absolute atomic E-state index is 0.403. The maximum atomic E-state index is 6.67. The van der Waals surface area contributed by atoms with E-state index in [2.05, 4.69) is 31.0 Å². The predicted molar refractivity (Wildman–Crippen MR) is 86.6 cm³/mol. The average Bonchev–Trinajstić information content (AvgIpc) is 2.51. The maximum absolute atomic E-state index is 6.67. The van der Waals surface area contributed by atoms with E-state index in [1.807, 2.05) is 31.3 Å². The van der Waals surface area contributed by atoms with Crippen LogP contribution in [0.4, 0.5) is 0 Å². The first kappa shape index (κ1) is 15.5. The molecule has 0 saturated carbocycles. The van der Waals surface area contributed by atoms with Crippen molar-refractivity contribution in [3.63, 3.8) is 0 Å². The van der Waals surface area contributed by atoms with Gasteiger partial charge in [0, 0.05) is 35.0 Å². The van der Waals surface area contributed by atoms with Crippen molar-refractivity contribution in [1.82, 2.24) is 4.98 Å². The zero-order valence-corrected chi connectivity index (χ0v) is 13.3. The summed E-state index contributed by atoms with van der Waals surface area (Å²) in [6.07, 6.45) is 3.42. The van der Waals surface area contributed by atoms with Gasteiger partial charge in [0.25, 0.3) is 0 Å². The van der Waals surface area contributed by atoms with Gasteiger partial charge in [-0.2, -0.15) is 0 Å². The molecule has 3 nitrogen and oxygen atoms in total. The van der Waals surface area contributed by atoms with Gasteiger partial charge in [0.05, 0.1) is 7.11 Å². The molecule has 3 heteroatoms. The number of aromatic nitrogens is 1. The third kappa shape index (κ3) is 3.08. The van der Waals surface area contributed by atoms with Crippen molar-refractivity contribution < 1.29 is 4.74 Å². The first-order valence-corrected chi connectivity index (χ1v) is 7.35. The molecule has 21 heavy (non-hydrogen) atoms. The summed E-state index contributed by atoms with van der Waals surface area (Å²) < 4.78 is 5.49. The van der Waals surface area contributed by atoms with Crippen molar-refractivity contribution in [2.75, 3.05) is 7.11 Å². The van der Waals surface area contributed by atoms with E-state index < -0.39 is 5.54 Å². The number of hydrogen-bond acceptors (Lipinski definition) is 3. The fraction of sp³-hybridized carbons (Fsp3) is 0.389. The zero-order valence-electron chi connectivity index (χ0n) is 13.3. The van der Waals surface area contributed by atoms with Crippen LogP contribution in [0.5, 0.6) is 5.75 Å². The van der Waals surface area contributed by atoms with Crippen molar-refractivity contribution in [3.8, 4) is 5.75 Å². The van der Waals surface area contributed by atoms with Gasteiger partial charge in [-0.15, -0.1) is 0 Å². The lowest BCUT2D eigenvalue weighted by Crippen LogP contribution is -2.38. The molecule has 112 valence electrons. The fourth-order valence-electron chi connectivity index (χ4n) is 2.75. The van der Waals surface area contributed by atoms with Gasteiger partial charge in [-0.05, 0) is 25.8 Å². The number of aryl methyl sites for hydroxylation is 1. The van der Waals surface area contributed by atoms with E-state index in [9.17, 15) is 0 Å². The van der Waals surface area contributed by atoms with E-state index in [1.165, 1.54) is 0 Å². The zero-order chi connectivity index (χ0) is 15.5. The van der Waals surface area contributed by atoms with Gasteiger partial charge >= 0.3 is 0 Å². The molecule has 2 rings (SSSR count). The number of benzene rings is 1. The summed E-state index contributed by atoms with van der Waals surface area (Å²) in [7, 11) is 1.70. The molecule has 1 atom stereocenters. The van der Waals surface area contributed by atoms with Crippen LogP contribution in [-0.4, -0.2) is 12.1 Å². The van der Waals surface area contributed by atoms with E-state index in [4.69, 9.17) is 10.5 Å². The molecule has 0 radical (unpaired) electrons. The number of pyridine rings is 1. The SMILES string of the molecule is CCC(N)(Cc1ncc(C)c(OC)c1C)c1ccccc1. The van der Waals surface area contributed by atoms with Gasteiger partial charge in [0.1, 0.15) is 5.75 Å². The Bertz CT molecular complexity index is 610. The summed E-state index contributed by atoms with van der Waals surface area (Å²) >= 11 is 0. The van der Waals surface area contributed by atoms with E-state index in [0.717, 1.165) is 34.6 Å². The average molecular weight is 284 g/mol. The van der Waals surface area contributed by atoms with Crippen molar-refractivity contribution in [2.24, 2.45) is 5.73 Å². The Hall–Kier alpha value is -1.87. The Labute approximate surface area is 127 Å². The van der Waals surface area contributed by atoms with Crippen LogP contribution in [0.1, 0.15) is 35.7 Å². The molecule has 0 fully saturated rings. The molecular formula is C18H24N2O. The molecule has 1 unspecified atom stereocenters. The van der Waals surface area contributed by atoms with E-state index >= 15 is 0 Å². The number of ether oxygens (including phenoxy) is 1. The highest BCUT2D eigenvalue weighted by Gasteiger charge is 2.27. The lowest BCUT2D eigenvalue weighted by molar-refractivity contribution is 0.398. The summed E-state index contributed by atoms with van der Waals surface area (Å²) in [6, 6.07) is 10.2. The monoisotopic (exact) mass is 284 g/mol. The third-order valence-electron chi connectivity index (χ3n) is 4.21. The van der Waals surface area contributed by atoms with E-state index in [-0.39, 0.29) is 0 Å². The molecular weight excluding hydrogens is 260 g/mol. The van der Waals surface area contributed by atoms with Gasteiger partial charge in [0.15, 0.2) is 0 Å². The second-order valence-corrected chi connectivity index (χ2v) is 5.60. The van der Waals surface area contributed by atoms with Gasteiger partial charge in [-0.1, -0.05) is 37.3 Å². The Kier molecular flexibility index (Phi) is 4.63. The number of nitrogens with zero attached hydrogens (tertiary/aromatic N) is 1. The fourth-order valence-corrected chi connectivity index (χ4v) is 2.75. The van der Waals surface area contributed by atoms with Crippen molar-refractivity contribution in [1.29, 1.82) is 0 Å². The van der Waals surface area contributed by atoms with Crippen LogP contribution >= 0.6 is 0 Å². The van der Waals surface area contributed by atoms with Crippen molar-refractivity contribution >= 4 is 0 Å². The van der Waals surface area contributed by atoms with Gasteiger partial charge in [-0.3, -0.25) is 4.98 Å². The summed E-state index contributed by atoms with van der Waals surface area (Å²) in [5, 5.41) is 0. The Morgan fingerprint density at radius 3 is 2.43 bits per heavy atom. The molecule has 0 aliphatic heterocycles. The van der Waals surface area contributed by atoms with Crippen LogP contribution in [0.15, 0.2) is 36.5 Å². The number of rotatable bonds is 5. The van der Waals surface area contributed by atoms with Gasteiger partial charge < -0.3 is 10.5 Å².